The highest BCUT2D eigenvalue weighted by Crippen LogP contribution is 2.32. The first kappa shape index (κ1) is 21.7. The minimum atomic E-state index is -3.35. The summed E-state index contributed by atoms with van der Waals surface area (Å²) in [5, 5.41) is 3.08. The lowest BCUT2D eigenvalue weighted by Crippen LogP contribution is -2.39. The van der Waals surface area contributed by atoms with Gasteiger partial charge in [-0.15, -0.1) is 11.3 Å². The van der Waals surface area contributed by atoms with E-state index in [1.54, 1.807) is 18.2 Å². The van der Waals surface area contributed by atoms with Crippen LogP contribution in [0.1, 0.15) is 18.4 Å². The maximum atomic E-state index is 13.7. The third kappa shape index (κ3) is 4.42. The number of sulfone groups is 1. The van der Waals surface area contributed by atoms with Gasteiger partial charge in [-0.25, -0.2) is 17.8 Å². The molecule has 4 nitrogen and oxygen atoms in total. The Kier molecular flexibility index (Phi) is 6.48. The number of aromatic nitrogens is 1. The van der Waals surface area contributed by atoms with Crippen LogP contribution in [-0.4, -0.2) is 31.7 Å². The van der Waals surface area contributed by atoms with Gasteiger partial charge in [-0.1, -0.05) is 45.7 Å². The first-order valence-corrected chi connectivity index (χ1v) is 13.4. The summed E-state index contributed by atoms with van der Waals surface area (Å²) < 4.78 is 39.7. The third-order valence-corrected chi connectivity index (χ3v) is 9.40. The van der Waals surface area contributed by atoms with E-state index in [-0.39, 0.29) is 5.02 Å². The number of benzene rings is 2. The van der Waals surface area contributed by atoms with Crippen LogP contribution in [0.5, 0.6) is 0 Å². The van der Waals surface area contributed by atoms with Gasteiger partial charge in [0.15, 0.2) is 15.0 Å². The summed E-state index contributed by atoms with van der Waals surface area (Å²) in [6.45, 7) is 1.23. The largest absolute Gasteiger partial charge is 0.348 e. The van der Waals surface area contributed by atoms with Crippen LogP contribution >= 0.6 is 38.9 Å². The Bertz CT molecular complexity index is 1140. The molecule has 1 saturated heterocycles. The summed E-state index contributed by atoms with van der Waals surface area (Å²) in [7, 11) is -3.35. The van der Waals surface area contributed by atoms with Crippen molar-refractivity contribution in [1.29, 1.82) is 0 Å². The molecule has 1 aliphatic heterocycles. The molecule has 30 heavy (non-hydrogen) atoms. The number of thiazole rings is 1. The molecule has 0 amide bonds. The summed E-state index contributed by atoms with van der Waals surface area (Å²) >= 11 is 10.6. The molecular weight excluding hydrogens is 511 g/mol. The highest BCUT2D eigenvalue weighted by molar-refractivity contribution is 9.08. The normalized spacial score (nSPS) is 15.5. The molecule has 0 unspecified atom stereocenters. The molecule has 158 valence electrons. The van der Waals surface area contributed by atoms with E-state index in [9.17, 15) is 12.8 Å². The number of anilines is 1. The molecule has 1 aromatic heterocycles. The number of rotatable bonds is 5. The Labute approximate surface area is 192 Å². The molecule has 0 bridgehead atoms. The molecule has 4 rings (SSSR count). The molecule has 0 aliphatic carbocycles. The molecule has 0 radical (unpaired) electrons. The second-order valence-corrected chi connectivity index (χ2v) is 11.2. The fourth-order valence-electron chi connectivity index (χ4n) is 3.52. The lowest BCUT2D eigenvalue weighted by Gasteiger charge is -2.31. The van der Waals surface area contributed by atoms with Gasteiger partial charge in [-0.2, -0.15) is 0 Å². The monoisotopic (exact) mass is 528 g/mol. The third-order valence-electron chi connectivity index (χ3n) is 5.26. The summed E-state index contributed by atoms with van der Waals surface area (Å²) in [6.07, 6.45) is 1.10. The van der Waals surface area contributed by atoms with E-state index in [0.717, 1.165) is 10.7 Å². The van der Waals surface area contributed by atoms with Crippen molar-refractivity contribution in [1.82, 2.24) is 4.98 Å². The van der Waals surface area contributed by atoms with Crippen LogP contribution in [0, 0.1) is 5.82 Å². The topological polar surface area (TPSA) is 50.3 Å². The number of halogens is 3. The zero-order valence-electron chi connectivity index (χ0n) is 15.9. The molecule has 0 saturated carbocycles. The fraction of sp³-hybridized carbons (Fsp3) is 0.286. The van der Waals surface area contributed by atoms with Crippen molar-refractivity contribution in [2.75, 3.05) is 18.0 Å². The number of hydrogen-bond acceptors (Lipinski definition) is 5. The summed E-state index contributed by atoms with van der Waals surface area (Å²) in [5.74, 6) is -0.473. The van der Waals surface area contributed by atoms with Crippen LogP contribution in [0.3, 0.4) is 0 Å². The van der Waals surface area contributed by atoms with Crippen LogP contribution in [0.2, 0.25) is 5.02 Å². The minimum Gasteiger partial charge on any atom is -0.348 e. The molecule has 1 aliphatic rings. The SMILES string of the molecule is O=S(=O)(c1ccc(CBr)cc1)C1CCN(c2nc(-c3ccc(Cl)c(F)c3)cs2)CC1. The van der Waals surface area contributed by atoms with Gasteiger partial charge in [0.25, 0.3) is 0 Å². The maximum absolute atomic E-state index is 13.7. The van der Waals surface area contributed by atoms with Crippen molar-refractivity contribution in [2.24, 2.45) is 0 Å². The molecule has 2 aromatic carbocycles. The van der Waals surface area contributed by atoms with Gasteiger partial charge in [0, 0.05) is 29.4 Å². The van der Waals surface area contributed by atoms with Crippen LogP contribution in [-0.2, 0) is 15.2 Å². The van der Waals surface area contributed by atoms with Crippen molar-refractivity contribution in [2.45, 2.75) is 28.3 Å². The molecular formula is C21H19BrClFN2O2S2. The van der Waals surface area contributed by atoms with Gasteiger partial charge < -0.3 is 4.90 Å². The van der Waals surface area contributed by atoms with Gasteiger partial charge in [-0.05, 0) is 42.7 Å². The highest BCUT2D eigenvalue weighted by Gasteiger charge is 2.32. The molecule has 0 N–H and O–H groups in total. The molecule has 0 atom stereocenters. The summed E-state index contributed by atoms with van der Waals surface area (Å²) in [5.41, 5.74) is 2.40. The molecule has 3 aromatic rings. The van der Waals surface area contributed by atoms with Crippen molar-refractivity contribution in [3.05, 3.63) is 64.2 Å². The zero-order valence-corrected chi connectivity index (χ0v) is 19.9. The fourth-order valence-corrected chi connectivity index (χ4v) is 6.63. The van der Waals surface area contributed by atoms with E-state index in [1.165, 1.54) is 23.5 Å². The van der Waals surface area contributed by atoms with Crippen LogP contribution in [0.15, 0.2) is 52.7 Å². The quantitative estimate of drug-likeness (QED) is 0.384. The van der Waals surface area contributed by atoms with Crippen LogP contribution in [0.4, 0.5) is 9.52 Å². The maximum Gasteiger partial charge on any atom is 0.185 e. The number of alkyl halides is 1. The lowest BCUT2D eigenvalue weighted by molar-refractivity contribution is 0.529. The van der Waals surface area contributed by atoms with Crippen molar-refractivity contribution >= 4 is 53.8 Å². The Morgan fingerprint density at radius 3 is 2.50 bits per heavy atom. The van der Waals surface area contributed by atoms with Crippen molar-refractivity contribution in [3.8, 4) is 11.3 Å². The van der Waals surface area contributed by atoms with Crippen molar-refractivity contribution in [3.63, 3.8) is 0 Å². The number of piperidine rings is 1. The van der Waals surface area contributed by atoms with Crippen LogP contribution < -0.4 is 4.90 Å². The Morgan fingerprint density at radius 1 is 1.17 bits per heavy atom. The van der Waals surface area contributed by atoms with E-state index in [0.29, 0.717) is 47.4 Å². The highest BCUT2D eigenvalue weighted by atomic mass is 79.9. The molecule has 0 spiro atoms. The predicted molar refractivity (Wildman–Crippen MR) is 124 cm³/mol. The predicted octanol–water partition coefficient (Wildman–Crippen LogP) is 5.94. The Morgan fingerprint density at radius 2 is 1.87 bits per heavy atom. The average Bonchev–Trinajstić information content (AvgIpc) is 3.26. The molecule has 1 fully saturated rings. The number of nitrogens with zero attached hydrogens (tertiary/aromatic N) is 2. The van der Waals surface area contributed by atoms with Crippen molar-refractivity contribution < 1.29 is 12.8 Å². The van der Waals surface area contributed by atoms with Gasteiger partial charge in [-0.3, -0.25) is 0 Å². The van der Waals surface area contributed by atoms with E-state index in [2.05, 4.69) is 25.8 Å². The lowest BCUT2D eigenvalue weighted by atomic mass is 10.1. The Hall–Kier alpha value is -1.48. The van der Waals surface area contributed by atoms with Gasteiger partial charge in [0.1, 0.15) is 5.82 Å². The Balaban J connectivity index is 1.44. The number of hydrogen-bond donors (Lipinski definition) is 0. The van der Waals surface area contributed by atoms with E-state index in [1.807, 2.05) is 17.5 Å². The summed E-state index contributed by atoms with van der Waals surface area (Å²) in [6, 6.07) is 11.7. The zero-order chi connectivity index (χ0) is 21.3. The average molecular weight is 530 g/mol. The second-order valence-electron chi connectivity index (χ2n) is 7.15. The molecule has 9 heteroatoms. The van der Waals surface area contributed by atoms with E-state index < -0.39 is 20.9 Å². The van der Waals surface area contributed by atoms with E-state index in [4.69, 9.17) is 11.6 Å². The second kappa shape index (κ2) is 8.94. The smallest absolute Gasteiger partial charge is 0.185 e. The van der Waals surface area contributed by atoms with E-state index >= 15 is 0 Å². The first-order chi connectivity index (χ1) is 14.4. The van der Waals surface area contributed by atoms with Gasteiger partial charge in [0.05, 0.1) is 20.9 Å². The molecule has 2 heterocycles. The van der Waals surface area contributed by atoms with Gasteiger partial charge in [0.2, 0.25) is 0 Å². The summed E-state index contributed by atoms with van der Waals surface area (Å²) in [4.78, 5) is 7.10. The first-order valence-electron chi connectivity index (χ1n) is 9.43. The van der Waals surface area contributed by atoms with Gasteiger partial charge >= 0.3 is 0 Å². The standard InChI is InChI=1S/C21H19BrClFN2O2S2/c22-12-14-1-4-16(5-2-14)30(27,28)17-7-9-26(10-8-17)21-25-20(13-29-21)15-3-6-18(23)19(24)11-15/h1-6,11,13,17H,7-10,12H2. The minimum absolute atomic E-state index is 0.0827. The van der Waals surface area contributed by atoms with Crippen LogP contribution in [0.25, 0.3) is 11.3 Å².